The van der Waals surface area contributed by atoms with Crippen molar-refractivity contribution in [2.45, 2.75) is 19.9 Å². The van der Waals surface area contributed by atoms with E-state index < -0.39 is 5.97 Å². The number of hydrazone groups is 1. The van der Waals surface area contributed by atoms with Gasteiger partial charge in [0.05, 0.1) is 35.6 Å². The van der Waals surface area contributed by atoms with Crippen LogP contribution in [0.5, 0.6) is 0 Å². The quantitative estimate of drug-likeness (QED) is 0.524. The van der Waals surface area contributed by atoms with E-state index in [-0.39, 0.29) is 18.9 Å². The highest BCUT2D eigenvalue weighted by Crippen LogP contribution is 2.29. The van der Waals surface area contributed by atoms with Crippen LogP contribution in [0.15, 0.2) is 75.9 Å². The third-order valence-corrected chi connectivity index (χ3v) is 5.30. The molecule has 0 unspecified atom stereocenters. The Balaban J connectivity index is 1.74. The summed E-state index contributed by atoms with van der Waals surface area (Å²) in [6, 6.07) is 16.9. The Morgan fingerprint density at radius 1 is 1.16 bits per heavy atom. The van der Waals surface area contributed by atoms with Gasteiger partial charge in [-0.3, -0.25) is 14.3 Å². The number of carboxylic acid groups (broad SMARTS) is 1. The van der Waals surface area contributed by atoms with Gasteiger partial charge in [0.25, 0.3) is 5.91 Å². The highest BCUT2D eigenvalue weighted by molar-refractivity contribution is 9.10. The monoisotopic (exact) mass is 478 g/mol. The van der Waals surface area contributed by atoms with E-state index in [4.69, 9.17) is 5.11 Å². The summed E-state index contributed by atoms with van der Waals surface area (Å²) >= 11 is 3.47. The number of aryl methyl sites for hydroxylation is 1. The maximum absolute atomic E-state index is 13.1. The highest BCUT2D eigenvalue weighted by atomic mass is 79.9. The Bertz CT molecular complexity index is 1210. The number of carbonyl (C=O) groups excluding carboxylic acids is 1. The molecule has 1 aliphatic heterocycles. The number of carboxylic acids is 1. The minimum absolute atomic E-state index is 0.0448. The van der Waals surface area contributed by atoms with E-state index in [9.17, 15) is 9.59 Å². The Morgan fingerprint density at radius 3 is 2.65 bits per heavy atom. The Kier molecular flexibility index (Phi) is 5.81. The molecule has 1 amide bonds. The second kappa shape index (κ2) is 8.69. The van der Waals surface area contributed by atoms with Crippen molar-refractivity contribution in [3.05, 3.63) is 76.4 Å². The van der Waals surface area contributed by atoms with E-state index in [1.165, 1.54) is 5.01 Å². The molecule has 2 heterocycles. The number of aromatic nitrogens is 2. The maximum Gasteiger partial charge on any atom is 0.305 e. The number of carbonyl (C=O) groups is 2. The molecule has 0 saturated heterocycles. The molecule has 0 spiro atoms. The zero-order valence-electron chi connectivity index (χ0n) is 16.7. The second-order valence-corrected chi connectivity index (χ2v) is 7.96. The lowest BCUT2D eigenvalue weighted by Crippen LogP contribution is -2.21. The van der Waals surface area contributed by atoms with Crippen molar-refractivity contribution in [2.75, 3.05) is 5.01 Å². The average molecular weight is 479 g/mol. The topological polar surface area (TPSA) is 87.8 Å². The molecular formula is C23H19BrN4O3. The summed E-state index contributed by atoms with van der Waals surface area (Å²) < 4.78 is 2.49. The van der Waals surface area contributed by atoms with Crippen molar-refractivity contribution in [3.8, 4) is 11.3 Å². The number of nitrogens with zero attached hydrogens (tertiary/aromatic N) is 4. The largest absolute Gasteiger partial charge is 0.481 e. The van der Waals surface area contributed by atoms with Gasteiger partial charge >= 0.3 is 5.97 Å². The van der Waals surface area contributed by atoms with Crippen LogP contribution in [0.25, 0.3) is 17.3 Å². The molecule has 1 aliphatic rings. The number of rotatable bonds is 6. The smallest absolute Gasteiger partial charge is 0.305 e. The van der Waals surface area contributed by atoms with E-state index in [0.717, 1.165) is 15.6 Å². The fourth-order valence-electron chi connectivity index (χ4n) is 3.31. The van der Waals surface area contributed by atoms with E-state index >= 15 is 0 Å². The fourth-order valence-corrected chi connectivity index (χ4v) is 3.71. The Hall–Kier alpha value is -3.52. The molecule has 0 atom stereocenters. The van der Waals surface area contributed by atoms with Gasteiger partial charge < -0.3 is 5.11 Å². The van der Waals surface area contributed by atoms with Crippen LogP contribution in [0.3, 0.4) is 0 Å². The van der Waals surface area contributed by atoms with Crippen LogP contribution in [0.4, 0.5) is 5.69 Å². The first kappa shape index (κ1) is 20.7. The molecule has 0 radical (unpaired) electrons. The number of amides is 1. The molecule has 7 nitrogen and oxygen atoms in total. The van der Waals surface area contributed by atoms with Gasteiger partial charge in [-0.05, 0) is 37.3 Å². The first-order valence-corrected chi connectivity index (χ1v) is 10.4. The molecule has 2 aromatic carbocycles. The predicted octanol–water partition coefficient (Wildman–Crippen LogP) is 4.59. The lowest BCUT2D eigenvalue weighted by molar-refractivity contribution is -0.137. The van der Waals surface area contributed by atoms with Crippen molar-refractivity contribution >= 4 is 45.3 Å². The van der Waals surface area contributed by atoms with Crippen molar-refractivity contribution in [1.82, 2.24) is 9.78 Å². The summed E-state index contributed by atoms with van der Waals surface area (Å²) in [5.74, 6) is -1.12. The number of benzene rings is 2. The van der Waals surface area contributed by atoms with Gasteiger partial charge in [-0.25, -0.2) is 0 Å². The van der Waals surface area contributed by atoms with E-state index in [1.54, 1.807) is 23.9 Å². The number of hydrogen-bond acceptors (Lipinski definition) is 4. The van der Waals surface area contributed by atoms with E-state index in [2.05, 4.69) is 26.1 Å². The summed E-state index contributed by atoms with van der Waals surface area (Å²) in [4.78, 5) is 24.1. The predicted molar refractivity (Wildman–Crippen MR) is 123 cm³/mol. The van der Waals surface area contributed by atoms with Crippen molar-refractivity contribution in [1.29, 1.82) is 0 Å². The number of halogens is 1. The van der Waals surface area contributed by atoms with Crippen LogP contribution in [0, 0.1) is 0 Å². The Morgan fingerprint density at radius 2 is 1.94 bits per heavy atom. The summed E-state index contributed by atoms with van der Waals surface area (Å²) in [6.45, 7) is 2.02. The van der Waals surface area contributed by atoms with Gasteiger partial charge in [0, 0.05) is 21.8 Å². The van der Waals surface area contributed by atoms with Gasteiger partial charge in [0.1, 0.15) is 0 Å². The number of hydrogen-bond donors (Lipinski definition) is 1. The molecule has 0 bridgehead atoms. The van der Waals surface area contributed by atoms with Crippen LogP contribution in [-0.2, 0) is 16.1 Å². The van der Waals surface area contributed by atoms with Crippen LogP contribution in [-0.4, -0.2) is 32.5 Å². The van der Waals surface area contributed by atoms with Gasteiger partial charge in [-0.1, -0.05) is 46.3 Å². The molecule has 8 heteroatoms. The van der Waals surface area contributed by atoms with E-state index in [0.29, 0.717) is 22.7 Å². The molecule has 1 N–H and O–H groups in total. The molecule has 0 aliphatic carbocycles. The molecule has 0 saturated carbocycles. The van der Waals surface area contributed by atoms with Crippen LogP contribution in [0.2, 0.25) is 0 Å². The fraction of sp³-hybridized carbons (Fsp3) is 0.130. The SMILES string of the molecule is CC1=NN(c2ccccc2)C(=O)/C1=C\c1cn(CCC(=O)O)nc1-c1cccc(Br)c1. The standard InChI is InChI=1S/C23H19BrN4O3/c1-15-20(23(31)28(25-15)19-8-3-2-4-9-19)13-17-14-27(11-10-21(29)30)26-22(17)16-6-5-7-18(24)12-16/h2-9,12-14H,10-11H2,1H3,(H,29,30)/b20-13-. The number of para-hydroxylation sites is 1. The van der Waals surface area contributed by atoms with Gasteiger partial charge in [0.2, 0.25) is 0 Å². The number of anilines is 1. The van der Waals surface area contributed by atoms with Crippen LogP contribution < -0.4 is 5.01 Å². The first-order chi connectivity index (χ1) is 14.9. The third-order valence-electron chi connectivity index (χ3n) is 4.81. The molecule has 156 valence electrons. The highest BCUT2D eigenvalue weighted by Gasteiger charge is 2.29. The maximum atomic E-state index is 13.1. The average Bonchev–Trinajstić information content (AvgIpc) is 3.29. The van der Waals surface area contributed by atoms with Crippen LogP contribution in [0.1, 0.15) is 18.9 Å². The third kappa shape index (κ3) is 4.49. The Labute approximate surface area is 187 Å². The summed E-state index contributed by atoms with van der Waals surface area (Å²) in [5.41, 5.74) is 4.01. The van der Waals surface area contributed by atoms with E-state index in [1.807, 2.05) is 54.6 Å². The normalized spacial score (nSPS) is 14.9. The van der Waals surface area contributed by atoms with Crippen LogP contribution >= 0.6 is 15.9 Å². The van der Waals surface area contributed by atoms with Gasteiger partial charge in [-0.15, -0.1) is 0 Å². The first-order valence-electron chi connectivity index (χ1n) is 9.64. The van der Waals surface area contributed by atoms with Crippen molar-refractivity contribution < 1.29 is 14.7 Å². The molecule has 0 fully saturated rings. The zero-order valence-corrected chi connectivity index (χ0v) is 18.3. The minimum Gasteiger partial charge on any atom is -0.481 e. The van der Waals surface area contributed by atoms with Crippen molar-refractivity contribution in [3.63, 3.8) is 0 Å². The summed E-state index contributed by atoms with van der Waals surface area (Å²) in [6.07, 6.45) is 3.49. The lowest BCUT2D eigenvalue weighted by atomic mass is 10.0. The lowest BCUT2D eigenvalue weighted by Gasteiger charge is -2.11. The minimum atomic E-state index is -0.896. The molecule has 4 rings (SSSR count). The molecule has 1 aromatic heterocycles. The van der Waals surface area contributed by atoms with Gasteiger partial charge in [-0.2, -0.15) is 15.2 Å². The van der Waals surface area contributed by atoms with Gasteiger partial charge in [0.15, 0.2) is 0 Å². The van der Waals surface area contributed by atoms with Crippen molar-refractivity contribution in [2.24, 2.45) is 5.10 Å². The molecule has 3 aromatic rings. The number of aliphatic carboxylic acids is 1. The summed E-state index contributed by atoms with van der Waals surface area (Å²) in [5, 5.41) is 19.4. The molecular weight excluding hydrogens is 460 g/mol. The molecule has 31 heavy (non-hydrogen) atoms. The second-order valence-electron chi connectivity index (χ2n) is 7.05. The summed E-state index contributed by atoms with van der Waals surface area (Å²) in [7, 11) is 0. The zero-order chi connectivity index (χ0) is 22.0.